The number of amides is 1. The van der Waals surface area contributed by atoms with Crippen LogP contribution in [0.15, 0.2) is 48.6 Å². The van der Waals surface area contributed by atoms with Crippen molar-refractivity contribution in [2.24, 2.45) is 47.2 Å². The molecule has 240 valence electrons. The zero-order chi connectivity index (χ0) is 32.3. The fourth-order valence-electron chi connectivity index (χ4n) is 5.80. The monoisotopic (exact) mass is 593 g/mol. The maximum absolute atomic E-state index is 12.0. The summed E-state index contributed by atoms with van der Waals surface area (Å²) in [4.78, 5) is 23.5. The van der Waals surface area contributed by atoms with Crippen molar-refractivity contribution in [3.8, 4) is 0 Å². The quantitative estimate of drug-likeness (QED) is 0.101. The van der Waals surface area contributed by atoms with Gasteiger partial charge in [-0.1, -0.05) is 90.2 Å². The van der Waals surface area contributed by atoms with Crippen LogP contribution in [0.3, 0.4) is 0 Å². The summed E-state index contributed by atoms with van der Waals surface area (Å²) in [5, 5.41) is 42.8. The van der Waals surface area contributed by atoms with Gasteiger partial charge in [0.25, 0.3) is 0 Å². The number of allylic oxidation sites excluding steroid dienone is 3. The first-order chi connectivity index (χ1) is 19.5. The Morgan fingerprint density at radius 3 is 2.21 bits per heavy atom. The van der Waals surface area contributed by atoms with Crippen molar-refractivity contribution in [2.45, 2.75) is 105 Å². The van der Waals surface area contributed by atoms with E-state index in [0.29, 0.717) is 6.42 Å². The molecular weight excluding hydrogens is 538 g/mol. The minimum Gasteiger partial charge on any atom is -0.462 e. The Morgan fingerprint density at radius 2 is 1.64 bits per heavy atom. The Bertz CT molecular complexity index is 962. The van der Waals surface area contributed by atoms with Crippen LogP contribution in [0.5, 0.6) is 0 Å². The molecule has 9 nitrogen and oxygen atoms in total. The highest BCUT2D eigenvalue weighted by atomic mass is 16.6. The summed E-state index contributed by atoms with van der Waals surface area (Å²) < 4.78 is 10.8. The van der Waals surface area contributed by atoms with Crippen LogP contribution in [0.25, 0.3) is 0 Å². The largest absolute Gasteiger partial charge is 0.462 e. The van der Waals surface area contributed by atoms with Gasteiger partial charge < -0.3 is 35.6 Å². The molecular formula is C33H55NO8. The van der Waals surface area contributed by atoms with E-state index in [1.165, 1.54) is 0 Å². The summed E-state index contributed by atoms with van der Waals surface area (Å²) in [7, 11) is 0. The van der Waals surface area contributed by atoms with Gasteiger partial charge in [0.1, 0.15) is 12.2 Å². The number of rotatable bonds is 16. The number of nitrogens with two attached hydrogens (primary N) is 1. The number of ether oxygens (including phenoxy) is 2. The Balaban J connectivity index is 2.76. The van der Waals surface area contributed by atoms with Crippen LogP contribution in [-0.4, -0.2) is 69.1 Å². The summed E-state index contributed by atoms with van der Waals surface area (Å²) in [5.74, 6) is -2.52. The van der Waals surface area contributed by atoms with Crippen LogP contribution in [0, 0.1) is 41.4 Å². The molecule has 1 heterocycles. The van der Waals surface area contributed by atoms with Crippen molar-refractivity contribution in [2.75, 3.05) is 0 Å². The Morgan fingerprint density at radius 1 is 1.02 bits per heavy atom. The minimum atomic E-state index is -0.894. The van der Waals surface area contributed by atoms with Gasteiger partial charge >= 0.3 is 12.1 Å². The first-order valence-corrected chi connectivity index (χ1v) is 15.0. The van der Waals surface area contributed by atoms with Crippen LogP contribution in [-0.2, 0) is 14.3 Å². The topological polar surface area (TPSA) is 160 Å². The third kappa shape index (κ3) is 11.3. The number of carbonyl (C=O) groups is 2. The van der Waals surface area contributed by atoms with E-state index in [4.69, 9.17) is 15.2 Å². The molecule has 42 heavy (non-hydrogen) atoms. The normalized spacial score (nSPS) is 28.3. The lowest BCUT2D eigenvalue weighted by atomic mass is 9.81. The number of aliphatic hydroxyl groups excluding tert-OH is 4. The molecule has 0 bridgehead atoms. The van der Waals surface area contributed by atoms with Crippen molar-refractivity contribution in [1.82, 2.24) is 0 Å². The number of carbonyl (C=O) groups excluding carboxylic acids is 2. The average Bonchev–Trinajstić information content (AvgIpc) is 2.93. The zero-order valence-electron chi connectivity index (χ0n) is 26.6. The lowest BCUT2D eigenvalue weighted by Crippen LogP contribution is -2.47. The minimum absolute atomic E-state index is 0.152. The maximum Gasteiger partial charge on any atom is 0.404 e. The van der Waals surface area contributed by atoms with Gasteiger partial charge in [-0.2, -0.15) is 0 Å². The smallest absolute Gasteiger partial charge is 0.404 e. The van der Waals surface area contributed by atoms with Gasteiger partial charge in [0.05, 0.1) is 30.3 Å². The molecule has 1 amide bonds. The van der Waals surface area contributed by atoms with Gasteiger partial charge in [-0.25, -0.2) is 4.79 Å². The molecule has 13 atom stereocenters. The molecule has 0 aromatic heterocycles. The fourth-order valence-corrected chi connectivity index (χ4v) is 5.80. The molecule has 0 aliphatic carbocycles. The highest BCUT2D eigenvalue weighted by Gasteiger charge is 2.41. The molecule has 0 radical (unpaired) electrons. The number of cyclic esters (lactones) is 1. The molecule has 1 rings (SSSR count). The van der Waals surface area contributed by atoms with E-state index in [9.17, 15) is 30.0 Å². The van der Waals surface area contributed by atoms with Crippen molar-refractivity contribution < 1.29 is 39.5 Å². The van der Waals surface area contributed by atoms with Gasteiger partial charge in [0.15, 0.2) is 0 Å². The average molecular weight is 594 g/mol. The first-order valence-electron chi connectivity index (χ1n) is 15.0. The van der Waals surface area contributed by atoms with Gasteiger partial charge in [-0.15, -0.1) is 0 Å². The Kier molecular flexibility index (Phi) is 15.7. The van der Waals surface area contributed by atoms with E-state index in [1.807, 2.05) is 53.7 Å². The van der Waals surface area contributed by atoms with Gasteiger partial charge in [-0.05, 0) is 26.2 Å². The molecule has 0 spiro atoms. The van der Waals surface area contributed by atoms with E-state index in [1.54, 1.807) is 38.2 Å². The van der Waals surface area contributed by atoms with Crippen molar-refractivity contribution in [3.63, 3.8) is 0 Å². The number of hydrogen-bond donors (Lipinski definition) is 5. The van der Waals surface area contributed by atoms with Crippen molar-refractivity contribution in [3.05, 3.63) is 48.6 Å². The van der Waals surface area contributed by atoms with Crippen LogP contribution in [0.2, 0.25) is 0 Å². The summed E-state index contributed by atoms with van der Waals surface area (Å²) >= 11 is 0. The summed E-state index contributed by atoms with van der Waals surface area (Å²) in [6.07, 6.45) is 6.04. The summed E-state index contributed by atoms with van der Waals surface area (Å²) in [6, 6.07) is 0. The van der Waals surface area contributed by atoms with E-state index < -0.39 is 54.6 Å². The molecule has 1 saturated heterocycles. The van der Waals surface area contributed by atoms with Crippen molar-refractivity contribution in [1.29, 1.82) is 0 Å². The second-order valence-electron chi connectivity index (χ2n) is 12.4. The Labute approximate surface area is 252 Å². The third-order valence-corrected chi connectivity index (χ3v) is 8.62. The first kappa shape index (κ1) is 37.6. The van der Waals surface area contributed by atoms with Crippen LogP contribution in [0.4, 0.5) is 4.79 Å². The van der Waals surface area contributed by atoms with Crippen LogP contribution in [0.1, 0.15) is 68.2 Å². The van der Waals surface area contributed by atoms with E-state index in [2.05, 4.69) is 6.58 Å². The molecule has 13 unspecified atom stereocenters. The molecule has 1 aliphatic heterocycles. The number of hydrogen-bond acceptors (Lipinski definition) is 8. The SMILES string of the molecule is C=C/C=C\C(C)C(OC(N)=O)C(C)C(O)C(C)C/C(C)=C\C(C)C(O)C(C)/C=C\C(O)CC1OC(=O)C(C)C(O)C1C. The highest BCUT2D eigenvalue weighted by molar-refractivity contribution is 5.73. The lowest BCUT2D eigenvalue weighted by Gasteiger charge is -2.36. The number of aliphatic hydroxyl groups is 4. The maximum atomic E-state index is 12.0. The molecule has 0 aromatic rings. The predicted molar refractivity (Wildman–Crippen MR) is 164 cm³/mol. The van der Waals surface area contributed by atoms with Crippen LogP contribution >= 0.6 is 0 Å². The molecule has 0 aromatic carbocycles. The number of primary amides is 1. The predicted octanol–water partition coefficient (Wildman–Crippen LogP) is 4.30. The Hall–Kier alpha value is -2.46. The molecule has 0 saturated carbocycles. The van der Waals surface area contributed by atoms with E-state index >= 15 is 0 Å². The van der Waals surface area contributed by atoms with Crippen molar-refractivity contribution >= 4 is 12.1 Å². The van der Waals surface area contributed by atoms with E-state index in [-0.39, 0.29) is 41.9 Å². The zero-order valence-corrected chi connectivity index (χ0v) is 26.6. The molecule has 9 heteroatoms. The second-order valence-corrected chi connectivity index (χ2v) is 12.4. The fraction of sp³-hybridized carbons (Fsp3) is 0.697. The standard InChI is InChI=1S/C33H55NO8/c1-10-11-12-20(4)31(42-33(34)40)24(8)29(37)22(6)16-18(2)15-21(5)28(36)19(3)13-14-26(35)17-27-23(7)30(38)25(9)32(39)41-27/h10-15,19-31,35-38H,1,16-17H2,2-9H3,(H2,34,40)/b12-11-,14-13-,18-15-. The highest BCUT2D eigenvalue weighted by Crippen LogP contribution is 2.30. The lowest BCUT2D eigenvalue weighted by molar-refractivity contribution is -0.179. The second kappa shape index (κ2) is 17.6. The molecule has 6 N–H and O–H groups in total. The van der Waals surface area contributed by atoms with Gasteiger partial charge in [0.2, 0.25) is 0 Å². The van der Waals surface area contributed by atoms with Crippen LogP contribution < -0.4 is 5.73 Å². The number of esters is 1. The summed E-state index contributed by atoms with van der Waals surface area (Å²) in [5.41, 5.74) is 6.30. The molecule has 1 aliphatic rings. The summed E-state index contributed by atoms with van der Waals surface area (Å²) in [6.45, 7) is 18.5. The van der Waals surface area contributed by atoms with Gasteiger partial charge in [0, 0.05) is 36.0 Å². The van der Waals surface area contributed by atoms with E-state index in [0.717, 1.165) is 5.57 Å². The third-order valence-electron chi connectivity index (χ3n) is 8.62. The molecule has 1 fully saturated rings. The van der Waals surface area contributed by atoms with Gasteiger partial charge in [-0.3, -0.25) is 4.79 Å².